The molecule has 2 atom stereocenters. The van der Waals surface area contributed by atoms with Gasteiger partial charge in [-0.1, -0.05) is 30.3 Å². The van der Waals surface area contributed by atoms with Crippen LogP contribution in [-0.4, -0.2) is 145 Å². The predicted molar refractivity (Wildman–Crippen MR) is 210 cm³/mol. The molecule has 5 amide bonds. The number of nitrogens with zero attached hydrogens (tertiary/aromatic N) is 5. The van der Waals surface area contributed by atoms with Crippen molar-refractivity contribution in [2.24, 2.45) is 11.8 Å². The van der Waals surface area contributed by atoms with Gasteiger partial charge in [-0.25, -0.2) is 14.4 Å². The second-order valence-electron chi connectivity index (χ2n) is 16.1. The van der Waals surface area contributed by atoms with E-state index in [9.17, 15) is 29.1 Å². The van der Waals surface area contributed by atoms with Crippen molar-refractivity contribution in [2.75, 3.05) is 72.3 Å². The summed E-state index contributed by atoms with van der Waals surface area (Å²) in [6, 6.07) is 10.4. The number of carbonyl (C=O) groups is 5. The smallest absolute Gasteiger partial charge is 0.410 e. The number of para-hydroxylation sites is 1. The highest BCUT2D eigenvalue weighted by atomic mass is 16.6. The number of aryl methyl sites for hydroxylation is 2. The van der Waals surface area contributed by atoms with Gasteiger partial charge in [-0.3, -0.25) is 14.5 Å². The van der Waals surface area contributed by atoms with Crippen LogP contribution in [0.25, 0.3) is 0 Å². The Labute approximate surface area is 330 Å². The van der Waals surface area contributed by atoms with E-state index < -0.39 is 24.2 Å². The summed E-state index contributed by atoms with van der Waals surface area (Å²) in [4.78, 5) is 75.2. The van der Waals surface area contributed by atoms with Crippen molar-refractivity contribution in [3.8, 4) is 5.75 Å². The molecule has 0 saturated carbocycles. The van der Waals surface area contributed by atoms with E-state index in [-0.39, 0.29) is 36.1 Å². The number of carbonyl (C=O) groups excluding carboxylic acids is 5. The van der Waals surface area contributed by atoms with Gasteiger partial charge in [0, 0.05) is 65.0 Å². The van der Waals surface area contributed by atoms with Crippen LogP contribution >= 0.6 is 0 Å². The van der Waals surface area contributed by atoms with E-state index >= 15 is 0 Å². The summed E-state index contributed by atoms with van der Waals surface area (Å²) in [6.45, 7) is 7.36. The van der Waals surface area contributed by atoms with Crippen LogP contribution in [0.2, 0.25) is 0 Å². The van der Waals surface area contributed by atoms with Crippen molar-refractivity contribution in [3.63, 3.8) is 0 Å². The van der Waals surface area contributed by atoms with E-state index in [0.717, 1.165) is 48.9 Å². The minimum absolute atomic E-state index is 0.0166. The lowest BCUT2D eigenvalue weighted by molar-refractivity contribution is -0.155. The number of esters is 1. The Hall–Kier alpha value is -4.85. The minimum atomic E-state index is -1.04. The van der Waals surface area contributed by atoms with E-state index in [1.807, 2.05) is 64.9 Å². The third-order valence-corrected chi connectivity index (χ3v) is 12.4. The highest BCUT2D eigenvalue weighted by Crippen LogP contribution is 2.34. The topological polar surface area (TPSA) is 152 Å². The van der Waals surface area contributed by atoms with Crippen molar-refractivity contribution in [3.05, 3.63) is 58.7 Å². The van der Waals surface area contributed by atoms with Crippen molar-refractivity contribution < 1.29 is 38.6 Å². The maximum Gasteiger partial charge on any atom is 0.410 e. The fourth-order valence-corrected chi connectivity index (χ4v) is 9.06. The van der Waals surface area contributed by atoms with Crippen LogP contribution in [0.15, 0.2) is 36.4 Å². The van der Waals surface area contributed by atoms with Gasteiger partial charge >= 0.3 is 18.1 Å². The molecule has 0 aromatic heterocycles. The zero-order chi connectivity index (χ0) is 40.1. The number of likely N-dealkylation sites (tertiary alicyclic amines) is 3. The quantitative estimate of drug-likeness (QED) is 0.282. The summed E-state index contributed by atoms with van der Waals surface area (Å²) in [5, 5.41) is 13.4. The van der Waals surface area contributed by atoms with Crippen LogP contribution < -0.4 is 5.32 Å². The first-order valence-electron chi connectivity index (χ1n) is 20.1. The number of anilines is 1. The highest BCUT2D eigenvalue weighted by Gasteiger charge is 2.40. The van der Waals surface area contributed by atoms with E-state index in [1.54, 1.807) is 19.0 Å². The second kappa shape index (κ2) is 18.0. The van der Waals surface area contributed by atoms with Gasteiger partial charge in [-0.2, -0.15) is 0 Å². The molecular weight excluding hydrogens is 716 g/mol. The molecule has 304 valence electrons. The summed E-state index contributed by atoms with van der Waals surface area (Å²) < 4.78 is 11.1. The summed E-state index contributed by atoms with van der Waals surface area (Å²) in [7, 11) is 4.58. The van der Waals surface area contributed by atoms with Gasteiger partial charge in [0.2, 0.25) is 0 Å². The molecule has 4 heterocycles. The average molecular weight is 775 g/mol. The van der Waals surface area contributed by atoms with Crippen LogP contribution in [0, 0.1) is 25.7 Å². The molecule has 56 heavy (non-hydrogen) atoms. The monoisotopic (exact) mass is 774 g/mol. The maximum atomic E-state index is 14.2. The van der Waals surface area contributed by atoms with E-state index in [0.29, 0.717) is 81.6 Å². The van der Waals surface area contributed by atoms with Crippen molar-refractivity contribution >= 4 is 35.6 Å². The SMILES string of the molecule is COC(=O)[C@@H](C(=O)N(C)C)N1CCC(C2CCN(C(=O)C(Cc3cc(C)c(O)c(C)c3)OC(=O)N3CCC(N4CCc5ccccc5NC4=O)CC3)CC2)CC1. The van der Waals surface area contributed by atoms with Gasteiger partial charge < -0.3 is 39.5 Å². The molecule has 2 aromatic rings. The normalized spacial score (nSPS) is 20.0. The first kappa shape index (κ1) is 40.8. The van der Waals surface area contributed by atoms with Gasteiger partial charge in [-0.15, -0.1) is 0 Å². The Balaban J connectivity index is 1.06. The zero-order valence-corrected chi connectivity index (χ0v) is 33.5. The van der Waals surface area contributed by atoms with Gasteiger partial charge in [-0.05, 0) is 112 Å². The molecule has 0 spiro atoms. The van der Waals surface area contributed by atoms with Crippen LogP contribution in [0.5, 0.6) is 5.75 Å². The lowest BCUT2D eigenvalue weighted by atomic mass is 9.78. The number of aromatic hydroxyl groups is 1. The standard InChI is InChI=1S/C42H58N6O8/c1-27-24-29(25-28(2)37(27)49)26-35(56-42(54)47-21-15-33(16-22-47)48-23-14-32-8-6-7-9-34(32)43-41(48)53)38(50)46-19-12-31(13-20-46)30-10-17-45(18-11-30)36(40(52)55-5)39(51)44(3)4/h6-9,24-25,30-31,33,35-36,49H,10-23,26H2,1-5H3,(H,43,53)/t35?,36-/m1/s1. The van der Waals surface area contributed by atoms with Gasteiger partial charge in [0.05, 0.1) is 7.11 Å². The van der Waals surface area contributed by atoms with Crippen molar-refractivity contribution in [2.45, 2.75) is 83.4 Å². The first-order chi connectivity index (χ1) is 26.8. The third kappa shape index (κ3) is 9.22. The number of rotatable bonds is 9. The number of amides is 5. The number of likely N-dealkylation sites (N-methyl/N-ethyl adjacent to an activating group) is 1. The number of hydrogen-bond acceptors (Lipinski definition) is 9. The molecule has 0 bridgehead atoms. The molecule has 14 nitrogen and oxygen atoms in total. The minimum Gasteiger partial charge on any atom is -0.507 e. The van der Waals surface area contributed by atoms with Crippen LogP contribution in [-0.2, 0) is 36.7 Å². The van der Waals surface area contributed by atoms with Crippen molar-refractivity contribution in [1.29, 1.82) is 0 Å². The molecule has 14 heteroatoms. The summed E-state index contributed by atoms with van der Waals surface area (Å²) in [5.41, 5.74) is 4.13. The molecular formula is C42H58N6O8. The number of methoxy groups -OCH3 is 1. The van der Waals surface area contributed by atoms with Gasteiger partial charge in [0.15, 0.2) is 12.1 Å². The molecule has 6 rings (SSSR count). The molecule has 1 unspecified atom stereocenters. The van der Waals surface area contributed by atoms with Crippen molar-refractivity contribution in [1.82, 2.24) is 24.5 Å². The van der Waals surface area contributed by atoms with Gasteiger partial charge in [0.25, 0.3) is 11.8 Å². The molecule has 0 aliphatic carbocycles. The molecule has 4 aliphatic heterocycles. The largest absolute Gasteiger partial charge is 0.507 e. The number of urea groups is 1. The molecule has 4 aliphatic rings. The van der Waals surface area contributed by atoms with Crippen LogP contribution in [0.1, 0.15) is 60.8 Å². The number of phenolic OH excluding ortho intramolecular Hbond substituents is 1. The number of hydrogen-bond donors (Lipinski definition) is 2. The van der Waals surface area contributed by atoms with E-state index in [4.69, 9.17) is 9.47 Å². The summed E-state index contributed by atoms with van der Waals surface area (Å²) in [5.74, 6) is -0.0444. The first-order valence-corrected chi connectivity index (χ1v) is 20.1. The fraction of sp³-hybridized carbons (Fsp3) is 0.595. The summed E-state index contributed by atoms with van der Waals surface area (Å²) >= 11 is 0. The number of nitrogens with one attached hydrogen (secondary N) is 1. The lowest BCUT2D eigenvalue weighted by Gasteiger charge is -2.42. The highest BCUT2D eigenvalue weighted by molar-refractivity contribution is 6.01. The van der Waals surface area contributed by atoms with E-state index in [2.05, 4.69) is 5.32 Å². The fourth-order valence-electron chi connectivity index (χ4n) is 9.06. The number of phenols is 1. The second-order valence-corrected chi connectivity index (χ2v) is 16.1. The molecule has 0 radical (unpaired) electrons. The Kier molecular flexibility index (Phi) is 13.1. The Morgan fingerprint density at radius 3 is 2.05 bits per heavy atom. The average Bonchev–Trinajstić information content (AvgIpc) is 3.37. The molecule has 3 saturated heterocycles. The maximum absolute atomic E-state index is 14.2. The molecule has 2 N–H and O–H groups in total. The molecule has 2 aromatic carbocycles. The number of ether oxygens (including phenoxy) is 2. The predicted octanol–water partition coefficient (Wildman–Crippen LogP) is 4.19. The van der Waals surface area contributed by atoms with Crippen LogP contribution in [0.3, 0.4) is 0 Å². The molecule has 3 fully saturated rings. The number of benzene rings is 2. The van der Waals surface area contributed by atoms with E-state index in [1.165, 1.54) is 12.0 Å². The van der Waals surface area contributed by atoms with Gasteiger partial charge in [0.1, 0.15) is 5.75 Å². The zero-order valence-electron chi connectivity index (χ0n) is 33.5. The Morgan fingerprint density at radius 2 is 1.45 bits per heavy atom. The Bertz CT molecular complexity index is 1740. The lowest BCUT2D eigenvalue weighted by Crippen LogP contribution is -2.54. The van der Waals surface area contributed by atoms with Crippen LogP contribution in [0.4, 0.5) is 15.3 Å². The number of piperidine rings is 3. The summed E-state index contributed by atoms with van der Waals surface area (Å²) in [6.07, 6.45) is 3.89. The third-order valence-electron chi connectivity index (χ3n) is 12.4. The Morgan fingerprint density at radius 1 is 0.857 bits per heavy atom. The number of fused-ring (bicyclic) bond motifs is 1.